The van der Waals surface area contributed by atoms with Crippen LogP contribution in [0.15, 0.2) is 24.3 Å². The maximum Gasteiger partial charge on any atom is 0.125 e. The summed E-state index contributed by atoms with van der Waals surface area (Å²) in [6.45, 7) is 2.89. The average molecular weight is 236 g/mol. The van der Waals surface area contributed by atoms with E-state index >= 15 is 0 Å². The van der Waals surface area contributed by atoms with Crippen LogP contribution >= 0.6 is 0 Å². The van der Waals surface area contributed by atoms with Gasteiger partial charge in [-0.05, 0) is 49.8 Å². The van der Waals surface area contributed by atoms with E-state index in [0.717, 1.165) is 24.4 Å². The molecule has 1 fully saturated rings. The van der Waals surface area contributed by atoms with Crippen LogP contribution in [0.4, 0.5) is 10.1 Å². The third kappa shape index (κ3) is 2.97. The minimum Gasteiger partial charge on any atom is -0.378 e. The molecule has 0 bridgehead atoms. The molecule has 1 saturated carbocycles. The predicted molar refractivity (Wildman–Crippen MR) is 69.4 cm³/mol. The Labute approximate surface area is 102 Å². The van der Waals surface area contributed by atoms with Crippen LogP contribution in [0.3, 0.4) is 0 Å². The number of anilines is 1. The second kappa shape index (κ2) is 5.05. The van der Waals surface area contributed by atoms with E-state index in [4.69, 9.17) is 5.73 Å². The molecule has 2 rings (SSSR count). The van der Waals surface area contributed by atoms with E-state index in [-0.39, 0.29) is 11.4 Å². The van der Waals surface area contributed by atoms with E-state index in [0.29, 0.717) is 6.54 Å². The van der Waals surface area contributed by atoms with Crippen molar-refractivity contribution in [3.8, 4) is 0 Å². The molecule has 0 spiro atoms. The molecule has 0 atom stereocenters. The van der Waals surface area contributed by atoms with Crippen LogP contribution in [0, 0.1) is 11.7 Å². The SMILES string of the molecule is CC1CCC(CN)(Nc2cccc(F)c2)CC1. The van der Waals surface area contributed by atoms with E-state index in [1.807, 2.05) is 6.07 Å². The van der Waals surface area contributed by atoms with Crippen molar-refractivity contribution in [2.24, 2.45) is 11.7 Å². The van der Waals surface area contributed by atoms with Crippen molar-refractivity contribution in [2.75, 3.05) is 11.9 Å². The molecule has 0 unspecified atom stereocenters. The highest BCUT2D eigenvalue weighted by molar-refractivity contribution is 5.46. The molecule has 1 aliphatic carbocycles. The normalized spacial score (nSPS) is 29.0. The Morgan fingerprint density at radius 1 is 1.41 bits per heavy atom. The van der Waals surface area contributed by atoms with Crippen molar-refractivity contribution < 1.29 is 4.39 Å². The van der Waals surface area contributed by atoms with Gasteiger partial charge in [-0.1, -0.05) is 13.0 Å². The van der Waals surface area contributed by atoms with Gasteiger partial charge in [0.05, 0.1) is 0 Å². The fraction of sp³-hybridized carbons (Fsp3) is 0.571. The van der Waals surface area contributed by atoms with Crippen LogP contribution in [0.2, 0.25) is 0 Å². The lowest BCUT2D eigenvalue weighted by molar-refractivity contribution is 0.271. The molecule has 3 heteroatoms. The van der Waals surface area contributed by atoms with Crippen molar-refractivity contribution in [2.45, 2.75) is 38.1 Å². The summed E-state index contributed by atoms with van der Waals surface area (Å²) in [6.07, 6.45) is 4.53. The highest BCUT2D eigenvalue weighted by Gasteiger charge is 2.32. The first-order valence-electron chi connectivity index (χ1n) is 6.37. The number of hydrogen-bond donors (Lipinski definition) is 2. The summed E-state index contributed by atoms with van der Waals surface area (Å²) in [4.78, 5) is 0. The molecule has 94 valence electrons. The zero-order valence-electron chi connectivity index (χ0n) is 10.4. The van der Waals surface area contributed by atoms with E-state index < -0.39 is 0 Å². The van der Waals surface area contributed by atoms with Gasteiger partial charge in [-0.2, -0.15) is 0 Å². The molecule has 1 aromatic carbocycles. The fourth-order valence-electron chi connectivity index (χ4n) is 2.57. The van der Waals surface area contributed by atoms with Gasteiger partial charge in [0.15, 0.2) is 0 Å². The molecule has 0 aliphatic heterocycles. The van der Waals surface area contributed by atoms with Crippen LogP contribution in [0.25, 0.3) is 0 Å². The zero-order valence-corrected chi connectivity index (χ0v) is 10.4. The second-order valence-electron chi connectivity index (χ2n) is 5.30. The van der Waals surface area contributed by atoms with Gasteiger partial charge in [-0.3, -0.25) is 0 Å². The van der Waals surface area contributed by atoms with Crippen molar-refractivity contribution in [3.05, 3.63) is 30.1 Å². The molecular formula is C14H21FN2. The van der Waals surface area contributed by atoms with Crippen LogP contribution in [-0.2, 0) is 0 Å². The molecule has 17 heavy (non-hydrogen) atoms. The summed E-state index contributed by atoms with van der Waals surface area (Å²) < 4.78 is 13.1. The lowest BCUT2D eigenvalue weighted by Crippen LogP contribution is -2.48. The number of hydrogen-bond acceptors (Lipinski definition) is 2. The number of rotatable bonds is 3. The monoisotopic (exact) mass is 236 g/mol. The third-order valence-corrected chi connectivity index (χ3v) is 3.86. The highest BCUT2D eigenvalue weighted by atomic mass is 19.1. The van der Waals surface area contributed by atoms with Crippen molar-refractivity contribution in [3.63, 3.8) is 0 Å². The first-order valence-corrected chi connectivity index (χ1v) is 6.37. The molecule has 1 aliphatic rings. The number of benzene rings is 1. The van der Waals surface area contributed by atoms with E-state index in [1.165, 1.54) is 25.0 Å². The molecule has 3 N–H and O–H groups in total. The third-order valence-electron chi connectivity index (χ3n) is 3.86. The van der Waals surface area contributed by atoms with E-state index in [2.05, 4.69) is 12.2 Å². The zero-order chi connectivity index (χ0) is 12.3. The summed E-state index contributed by atoms with van der Waals surface area (Å²) in [7, 11) is 0. The lowest BCUT2D eigenvalue weighted by atomic mass is 9.77. The lowest BCUT2D eigenvalue weighted by Gasteiger charge is -2.40. The molecule has 1 aromatic rings. The maximum atomic E-state index is 13.1. The minimum atomic E-state index is -0.202. The molecule has 0 amide bonds. The van der Waals surface area contributed by atoms with Crippen molar-refractivity contribution >= 4 is 5.69 Å². The highest BCUT2D eigenvalue weighted by Crippen LogP contribution is 2.34. The topological polar surface area (TPSA) is 38.0 Å². The summed E-state index contributed by atoms with van der Waals surface area (Å²) in [5.74, 6) is 0.579. The number of halogens is 1. The van der Waals surface area contributed by atoms with Gasteiger partial charge < -0.3 is 11.1 Å². The van der Waals surface area contributed by atoms with Gasteiger partial charge >= 0.3 is 0 Å². The molecule has 0 aromatic heterocycles. The van der Waals surface area contributed by atoms with E-state index in [9.17, 15) is 4.39 Å². The minimum absolute atomic E-state index is 0.0414. The first-order chi connectivity index (χ1) is 8.13. The quantitative estimate of drug-likeness (QED) is 0.846. The molecule has 0 saturated heterocycles. The standard InChI is InChI=1S/C14H21FN2/c1-11-5-7-14(10-16,8-6-11)17-13-4-2-3-12(15)9-13/h2-4,9,11,17H,5-8,10,16H2,1H3. The summed E-state index contributed by atoms with van der Waals surface area (Å²) in [5, 5.41) is 3.44. The average Bonchev–Trinajstić information content (AvgIpc) is 2.33. The summed E-state index contributed by atoms with van der Waals surface area (Å²) in [5.41, 5.74) is 6.71. The van der Waals surface area contributed by atoms with Gasteiger partial charge in [0.2, 0.25) is 0 Å². The van der Waals surface area contributed by atoms with Gasteiger partial charge in [0.1, 0.15) is 5.82 Å². The Balaban J connectivity index is 2.09. The van der Waals surface area contributed by atoms with Crippen molar-refractivity contribution in [1.29, 1.82) is 0 Å². The molecule has 0 heterocycles. The van der Waals surface area contributed by atoms with Gasteiger partial charge in [0, 0.05) is 17.8 Å². The Morgan fingerprint density at radius 2 is 2.12 bits per heavy atom. The van der Waals surface area contributed by atoms with Crippen molar-refractivity contribution in [1.82, 2.24) is 0 Å². The summed E-state index contributed by atoms with van der Waals surface area (Å²) in [6, 6.07) is 6.63. The number of nitrogens with one attached hydrogen (secondary N) is 1. The Bertz CT molecular complexity index is 370. The first kappa shape index (κ1) is 12.4. The smallest absolute Gasteiger partial charge is 0.125 e. The molecular weight excluding hydrogens is 215 g/mol. The second-order valence-corrected chi connectivity index (χ2v) is 5.30. The van der Waals surface area contributed by atoms with Gasteiger partial charge in [-0.15, -0.1) is 0 Å². The predicted octanol–water partition coefficient (Wildman–Crippen LogP) is 3.15. The van der Waals surface area contributed by atoms with Crippen LogP contribution in [-0.4, -0.2) is 12.1 Å². The molecule has 2 nitrogen and oxygen atoms in total. The Kier molecular flexibility index (Phi) is 3.67. The fourth-order valence-corrected chi connectivity index (χ4v) is 2.57. The summed E-state index contributed by atoms with van der Waals surface area (Å²) >= 11 is 0. The van der Waals surface area contributed by atoms with Gasteiger partial charge in [0.25, 0.3) is 0 Å². The maximum absolute atomic E-state index is 13.1. The Morgan fingerprint density at radius 3 is 2.71 bits per heavy atom. The largest absolute Gasteiger partial charge is 0.378 e. The number of nitrogens with two attached hydrogens (primary N) is 1. The Hall–Kier alpha value is -1.09. The van der Waals surface area contributed by atoms with Crippen LogP contribution < -0.4 is 11.1 Å². The van der Waals surface area contributed by atoms with Crippen LogP contribution in [0.1, 0.15) is 32.6 Å². The van der Waals surface area contributed by atoms with Gasteiger partial charge in [-0.25, -0.2) is 4.39 Å². The van der Waals surface area contributed by atoms with E-state index in [1.54, 1.807) is 6.07 Å². The van der Waals surface area contributed by atoms with Crippen LogP contribution in [0.5, 0.6) is 0 Å². The molecule has 0 radical (unpaired) electrons.